The van der Waals surface area contributed by atoms with Crippen molar-refractivity contribution in [2.75, 3.05) is 5.32 Å². The molecule has 0 aliphatic heterocycles. The molecule has 4 rings (SSSR count). The maximum atomic E-state index is 13.3. The zero-order valence-electron chi connectivity index (χ0n) is 18.6. The first kappa shape index (κ1) is 23.1. The van der Waals surface area contributed by atoms with Crippen LogP contribution in [-0.2, 0) is 27.0 Å². The number of carbonyl (C=O) groups is 1. The molecule has 9 nitrogen and oxygen atoms in total. The first-order valence-electron chi connectivity index (χ1n) is 10.6. The van der Waals surface area contributed by atoms with E-state index in [1.165, 1.54) is 12.4 Å². The van der Waals surface area contributed by atoms with E-state index in [2.05, 4.69) is 20.0 Å². The average Bonchev–Trinajstić information content (AvgIpc) is 3.46. The summed E-state index contributed by atoms with van der Waals surface area (Å²) in [5, 5.41) is 13.0. The van der Waals surface area contributed by atoms with E-state index in [1.807, 2.05) is 32.0 Å². The highest BCUT2D eigenvalue weighted by Crippen LogP contribution is 2.30. The molecule has 3 N–H and O–H groups in total. The minimum atomic E-state index is -4.01. The van der Waals surface area contributed by atoms with Gasteiger partial charge in [-0.25, -0.2) is 13.4 Å². The molecule has 0 spiro atoms. The Labute approximate surface area is 196 Å². The molecule has 4 aromatic rings. The predicted octanol–water partition coefficient (Wildman–Crippen LogP) is 3.70. The summed E-state index contributed by atoms with van der Waals surface area (Å²) in [5.74, 6) is -0.978. The molecule has 1 unspecified atom stereocenters. The van der Waals surface area contributed by atoms with Crippen LogP contribution in [0.4, 0.5) is 5.69 Å². The lowest BCUT2D eigenvalue weighted by atomic mass is 9.98. The standard InChI is InChI=1S/C24H23N5O4S/c1-3-17-10-18(11-20-15(2)13-33-23(17)20)22(28-19-6-4-16(12-25)5-7-19)24(30)29-34(31,32)14-21-26-8-9-27-21/h4-11,13,22,28H,3,14H2,1-2H3,(H,26,27)(H,29,30). The Balaban J connectivity index is 1.72. The van der Waals surface area contributed by atoms with Crippen LogP contribution in [0.3, 0.4) is 0 Å². The molecule has 2 aromatic carbocycles. The van der Waals surface area contributed by atoms with Crippen molar-refractivity contribution in [3.8, 4) is 6.07 Å². The number of H-pyrrole nitrogens is 1. The van der Waals surface area contributed by atoms with Crippen LogP contribution in [0.15, 0.2) is 59.5 Å². The van der Waals surface area contributed by atoms with Gasteiger partial charge in [0.1, 0.15) is 23.2 Å². The Morgan fingerprint density at radius 3 is 2.68 bits per heavy atom. The number of rotatable bonds is 8. The number of aromatic amines is 1. The van der Waals surface area contributed by atoms with Crippen molar-refractivity contribution in [2.24, 2.45) is 0 Å². The predicted molar refractivity (Wildman–Crippen MR) is 127 cm³/mol. The number of aryl methyl sites for hydroxylation is 2. The Kier molecular flexibility index (Phi) is 6.38. The van der Waals surface area contributed by atoms with Crippen molar-refractivity contribution in [2.45, 2.75) is 32.1 Å². The minimum Gasteiger partial charge on any atom is -0.464 e. The highest BCUT2D eigenvalue weighted by Gasteiger charge is 2.27. The summed E-state index contributed by atoms with van der Waals surface area (Å²) < 4.78 is 33.2. The highest BCUT2D eigenvalue weighted by atomic mass is 32.2. The molecule has 174 valence electrons. The van der Waals surface area contributed by atoms with Crippen molar-refractivity contribution >= 4 is 32.6 Å². The van der Waals surface area contributed by atoms with E-state index >= 15 is 0 Å². The van der Waals surface area contributed by atoms with Gasteiger partial charge in [0.2, 0.25) is 10.0 Å². The molecule has 0 saturated heterocycles. The maximum Gasteiger partial charge on any atom is 0.260 e. The number of carbonyl (C=O) groups excluding carboxylic acids is 1. The summed E-state index contributed by atoms with van der Waals surface area (Å²) in [4.78, 5) is 20.0. The molecular formula is C24H23N5O4S. The number of hydrogen-bond donors (Lipinski definition) is 3. The van der Waals surface area contributed by atoms with E-state index in [0.29, 0.717) is 23.2 Å². The summed E-state index contributed by atoms with van der Waals surface area (Å²) in [6, 6.07) is 11.3. The smallest absolute Gasteiger partial charge is 0.260 e. The molecule has 10 heteroatoms. The molecule has 1 amide bonds. The van der Waals surface area contributed by atoms with Crippen molar-refractivity contribution in [3.05, 3.63) is 83.1 Å². The van der Waals surface area contributed by atoms with E-state index in [9.17, 15) is 13.2 Å². The van der Waals surface area contributed by atoms with Gasteiger partial charge < -0.3 is 14.7 Å². The number of hydrogen-bond acceptors (Lipinski definition) is 7. The number of amides is 1. The largest absolute Gasteiger partial charge is 0.464 e. The fraction of sp³-hybridized carbons (Fsp3) is 0.208. The number of furan rings is 1. The number of nitriles is 1. The number of nitrogens with zero attached hydrogens (tertiary/aromatic N) is 2. The van der Waals surface area contributed by atoms with Crippen molar-refractivity contribution < 1.29 is 17.6 Å². The van der Waals surface area contributed by atoms with Gasteiger partial charge in [0.25, 0.3) is 5.91 Å². The van der Waals surface area contributed by atoms with Crippen molar-refractivity contribution in [3.63, 3.8) is 0 Å². The number of fused-ring (bicyclic) bond motifs is 1. The quantitative estimate of drug-likeness (QED) is 0.351. The summed E-state index contributed by atoms with van der Waals surface area (Å²) in [7, 11) is -4.01. The van der Waals surface area contributed by atoms with Gasteiger partial charge in [0, 0.05) is 23.5 Å². The van der Waals surface area contributed by atoms with Crippen molar-refractivity contribution in [1.29, 1.82) is 5.26 Å². The lowest BCUT2D eigenvalue weighted by Crippen LogP contribution is -2.38. The summed E-state index contributed by atoms with van der Waals surface area (Å²) in [5.41, 5.74) is 4.17. The lowest BCUT2D eigenvalue weighted by Gasteiger charge is -2.21. The van der Waals surface area contributed by atoms with Gasteiger partial charge in [-0.15, -0.1) is 0 Å². The SMILES string of the molecule is CCc1cc(C(Nc2ccc(C#N)cc2)C(=O)NS(=O)(=O)Cc2ncc[nH]2)cc2c(C)coc12. The number of aromatic nitrogens is 2. The van der Waals surface area contributed by atoms with Crippen molar-refractivity contribution in [1.82, 2.24) is 14.7 Å². The van der Waals surface area contributed by atoms with Crippen LogP contribution in [0, 0.1) is 18.3 Å². The van der Waals surface area contributed by atoms with Crippen LogP contribution in [-0.4, -0.2) is 24.3 Å². The number of benzene rings is 2. The Morgan fingerprint density at radius 1 is 1.26 bits per heavy atom. The normalized spacial score (nSPS) is 12.3. The molecule has 0 radical (unpaired) electrons. The summed E-state index contributed by atoms with van der Waals surface area (Å²) in [6.45, 7) is 3.89. The average molecular weight is 478 g/mol. The minimum absolute atomic E-state index is 0.223. The van der Waals surface area contributed by atoms with Gasteiger partial charge in [0.05, 0.1) is 17.9 Å². The van der Waals surface area contributed by atoms with Crippen LogP contribution in [0.25, 0.3) is 11.0 Å². The second-order valence-corrected chi connectivity index (χ2v) is 9.58. The number of imidazole rings is 1. The Morgan fingerprint density at radius 2 is 2.03 bits per heavy atom. The number of anilines is 1. The second kappa shape index (κ2) is 9.41. The third-order valence-electron chi connectivity index (χ3n) is 5.41. The Hall–Kier alpha value is -4.10. The highest BCUT2D eigenvalue weighted by molar-refractivity contribution is 7.89. The third kappa shape index (κ3) is 4.94. The van der Waals surface area contributed by atoms with E-state index in [1.54, 1.807) is 30.5 Å². The van der Waals surface area contributed by atoms with Crippen LogP contribution < -0.4 is 10.0 Å². The van der Waals surface area contributed by atoms with Crippen LogP contribution >= 0.6 is 0 Å². The summed E-state index contributed by atoms with van der Waals surface area (Å²) in [6.07, 6.45) is 5.27. The van der Waals surface area contributed by atoms with Crippen LogP contribution in [0.2, 0.25) is 0 Å². The fourth-order valence-electron chi connectivity index (χ4n) is 3.70. The Bertz CT molecular complexity index is 1470. The topological polar surface area (TPSA) is 141 Å². The molecular weight excluding hydrogens is 454 g/mol. The van der Waals surface area contributed by atoms with Gasteiger partial charge in [0.15, 0.2) is 0 Å². The zero-order valence-corrected chi connectivity index (χ0v) is 19.4. The molecule has 2 aromatic heterocycles. The van der Waals surface area contributed by atoms with Crippen LogP contribution in [0.5, 0.6) is 0 Å². The van der Waals surface area contributed by atoms with E-state index in [4.69, 9.17) is 9.68 Å². The third-order valence-corrected chi connectivity index (χ3v) is 6.57. The van der Waals surface area contributed by atoms with Gasteiger partial charge >= 0.3 is 0 Å². The van der Waals surface area contributed by atoms with Gasteiger partial charge in [-0.2, -0.15) is 5.26 Å². The zero-order chi connectivity index (χ0) is 24.3. The molecule has 2 heterocycles. The van der Waals surface area contributed by atoms with Gasteiger partial charge in [-0.3, -0.25) is 9.52 Å². The van der Waals surface area contributed by atoms with Crippen LogP contribution in [0.1, 0.15) is 41.0 Å². The second-order valence-electron chi connectivity index (χ2n) is 7.86. The van der Waals surface area contributed by atoms with E-state index in [0.717, 1.165) is 22.1 Å². The lowest BCUT2D eigenvalue weighted by molar-refractivity contribution is -0.120. The monoisotopic (exact) mass is 477 g/mol. The number of sulfonamides is 1. The first-order valence-corrected chi connectivity index (χ1v) is 12.2. The molecule has 34 heavy (non-hydrogen) atoms. The molecule has 0 aliphatic rings. The molecule has 0 aliphatic carbocycles. The molecule has 1 atom stereocenters. The summed E-state index contributed by atoms with van der Waals surface area (Å²) >= 11 is 0. The van der Waals surface area contributed by atoms with Gasteiger partial charge in [-0.05, 0) is 66.4 Å². The van der Waals surface area contributed by atoms with E-state index in [-0.39, 0.29) is 5.82 Å². The van der Waals surface area contributed by atoms with Gasteiger partial charge in [-0.1, -0.05) is 6.92 Å². The molecule has 0 fully saturated rings. The molecule has 0 saturated carbocycles. The number of nitrogens with one attached hydrogen (secondary N) is 3. The first-order chi connectivity index (χ1) is 16.3. The molecule has 0 bridgehead atoms. The van der Waals surface area contributed by atoms with E-state index < -0.39 is 27.7 Å². The fourth-order valence-corrected chi connectivity index (χ4v) is 4.71. The maximum absolute atomic E-state index is 13.3.